The first-order valence-corrected chi connectivity index (χ1v) is 8.42. The number of benzene rings is 1. The molecule has 0 spiro atoms. The molecule has 0 N–H and O–H groups in total. The van der Waals surface area contributed by atoms with Crippen molar-refractivity contribution in [3.05, 3.63) is 59.6 Å². The van der Waals surface area contributed by atoms with Gasteiger partial charge in [-0.25, -0.2) is 9.97 Å². The van der Waals surface area contributed by atoms with Crippen LogP contribution in [-0.4, -0.2) is 32.5 Å². The van der Waals surface area contributed by atoms with Crippen molar-refractivity contribution in [3.63, 3.8) is 0 Å². The molecule has 5 heteroatoms. The molecule has 4 rings (SSSR count). The lowest BCUT2D eigenvalue weighted by Crippen LogP contribution is -2.34. The van der Waals surface area contributed by atoms with Gasteiger partial charge in [0.25, 0.3) is 0 Å². The highest BCUT2D eigenvalue weighted by atomic mass is 35.5. The van der Waals surface area contributed by atoms with Crippen molar-refractivity contribution in [2.45, 2.75) is 25.4 Å². The van der Waals surface area contributed by atoms with Crippen LogP contribution >= 0.6 is 11.6 Å². The van der Waals surface area contributed by atoms with Crippen LogP contribution in [0.5, 0.6) is 0 Å². The number of hydrogen-bond donors (Lipinski definition) is 0. The summed E-state index contributed by atoms with van der Waals surface area (Å²) < 4.78 is 2.27. The van der Waals surface area contributed by atoms with Gasteiger partial charge in [-0.1, -0.05) is 41.9 Å². The van der Waals surface area contributed by atoms with Crippen LogP contribution in [0.1, 0.15) is 24.4 Å². The van der Waals surface area contributed by atoms with Gasteiger partial charge in [0.05, 0.1) is 5.39 Å². The third kappa shape index (κ3) is 2.96. The number of likely N-dealkylation sites (tertiary alicyclic amines) is 1. The minimum absolute atomic E-state index is 0.491. The van der Waals surface area contributed by atoms with Crippen molar-refractivity contribution in [2.75, 3.05) is 13.1 Å². The summed E-state index contributed by atoms with van der Waals surface area (Å²) in [6.45, 7) is 3.25. The minimum Gasteiger partial charge on any atom is -0.329 e. The second-order valence-electron chi connectivity index (χ2n) is 6.12. The largest absolute Gasteiger partial charge is 0.329 e. The molecule has 0 radical (unpaired) electrons. The number of halogens is 1. The quantitative estimate of drug-likeness (QED) is 0.684. The predicted octanol–water partition coefficient (Wildman–Crippen LogP) is 3.92. The zero-order valence-corrected chi connectivity index (χ0v) is 13.7. The standard InChI is InChI=1S/C18H19ClN4/c19-17-16-8-11-23(18(16)21-13-20-17)15-6-9-22(10-7-15)12-14-4-2-1-3-5-14/h1-5,8,11,13,15H,6-7,9-10,12H2. The lowest BCUT2D eigenvalue weighted by atomic mass is 10.0. The van der Waals surface area contributed by atoms with E-state index in [1.807, 2.05) is 6.07 Å². The average Bonchev–Trinajstić information content (AvgIpc) is 3.02. The van der Waals surface area contributed by atoms with Crippen molar-refractivity contribution in [1.29, 1.82) is 0 Å². The van der Waals surface area contributed by atoms with E-state index in [0.717, 1.165) is 43.5 Å². The Morgan fingerprint density at radius 1 is 1.04 bits per heavy atom. The van der Waals surface area contributed by atoms with Crippen LogP contribution in [0.3, 0.4) is 0 Å². The number of rotatable bonds is 3. The summed E-state index contributed by atoms with van der Waals surface area (Å²) in [5.74, 6) is 0. The third-order valence-corrected chi connectivity index (χ3v) is 4.96. The van der Waals surface area contributed by atoms with Gasteiger partial charge < -0.3 is 4.57 Å². The van der Waals surface area contributed by atoms with Crippen LogP contribution in [0.15, 0.2) is 48.9 Å². The van der Waals surface area contributed by atoms with Gasteiger partial charge in [-0.2, -0.15) is 0 Å². The lowest BCUT2D eigenvalue weighted by molar-refractivity contribution is 0.181. The molecule has 0 amide bonds. The molecule has 4 nitrogen and oxygen atoms in total. The van der Waals surface area contributed by atoms with Gasteiger partial charge in [0.2, 0.25) is 0 Å². The first-order chi connectivity index (χ1) is 11.3. The van der Waals surface area contributed by atoms with Gasteiger partial charge in [0.15, 0.2) is 0 Å². The molecule has 1 aliphatic heterocycles. The van der Waals surface area contributed by atoms with Crippen LogP contribution < -0.4 is 0 Å². The van der Waals surface area contributed by atoms with E-state index in [1.54, 1.807) is 6.33 Å². The molecule has 118 valence electrons. The number of aromatic nitrogens is 3. The molecule has 3 aromatic rings. The van der Waals surface area contributed by atoms with E-state index < -0.39 is 0 Å². The van der Waals surface area contributed by atoms with Crippen molar-refractivity contribution in [2.24, 2.45) is 0 Å². The maximum Gasteiger partial charge on any atom is 0.145 e. The summed E-state index contributed by atoms with van der Waals surface area (Å²) in [6, 6.07) is 13.2. The molecule has 23 heavy (non-hydrogen) atoms. The molecule has 0 saturated carbocycles. The van der Waals surface area contributed by atoms with E-state index in [-0.39, 0.29) is 0 Å². The normalized spacial score (nSPS) is 16.9. The lowest BCUT2D eigenvalue weighted by Gasteiger charge is -2.32. The second-order valence-corrected chi connectivity index (χ2v) is 6.48. The first kappa shape index (κ1) is 14.7. The monoisotopic (exact) mass is 326 g/mol. The van der Waals surface area contributed by atoms with Gasteiger partial charge in [-0.15, -0.1) is 0 Å². The number of nitrogens with zero attached hydrogens (tertiary/aromatic N) is 4. The maximum absolute atomic E-state index is 6.15. The summed E-state index contributed by atoms with van der Waals surface area (Å²) in [5.41, 5.74) is 2.34. The van der Waals surface area contributed by atoms with Gasteiger partial charge in [-0.05, 0) is 24.5 Å². The van der Waals surface area contributed by atoms with Crippen molar-refractivity contribution in [1.82, 2.24) is 19.4 Å². The Balaban J connectivity index is 1.46. The zero-order chi connectivity index (χ0) is 15.6. The van der Waals surface area contributed by atoms with Crippen LogP contribution in [0.25, 0.3) is 11.0 Å². The van der Waals surface area contributed by atoms with Gasteiger partial charge in [0.1, 0.15) is 17.1 Å². The summed E-state index contributed by atoms with van der Waals surface area (Å²) >= 11 is 6.15. The van der Waals surface area contributed by atoms with Crippen molar-refractivity contribution in [3.8, 4) is 0 Å². The predicted molar refractivity (Wildman–Crippen MR) is 92.5 cm³/mol. The Kier molecular flexibility index (Phi) is 4.02. The van der Waals surface area contributed by atoms with Crippen LogP contribution in [0, 0.1) is 0 Å². The molecule has 1 aromatic carbocycles. The molecular formula is C18H19ClN4. The summed E-state index contributed by atoms with van der Waals surface area (Å²) in [4.78, 5) is 11.0. The van der Waals surface area contributed by atoms with E-state index in [1.165, 1.54) is 5.56 Å². The Bertz CT molecular complexity index is 791. The van der Waals surface area contributed by atoms with Crippen molar-refractivity contribution < 1.29 is 0 Å². The fraction of sp³-hybridized carbons (Fsp3) is 0.333. The Morgan fingerprint density at radius 3 is 2.61 bits per heavy atom. The van der Waals surface area contributed by atoms with E-state index in [0.29, 0.717) is 11.2 Å². The molecule has 0 bridgehead atoms. The number of piperidine rings is 1. The topological polar surface area (TPSA) is 34.0 Å². The van der Waals surface area contributed by atoms with Gasteiger partial charge >= 0.3 is 0 Å². The van der Waals surface area contributed by atoms with Crippen LogP contribution in [0.4, 0.5) is 0 Å². The zero-order valence-electron chi connectivity index (χ0n) is 12.9. The molecule has 0 atom stereocenters. The fourth-order valence-electron chi connectivity index (χ4n) is 3.43. The highest BCUT2D eigenvalue weighted by Crippen LogP contribution is 2.29. The SMILES string of the molecule is Clc1ncnc2c1ccn2C1CCN(Cc2ccccc2)CC1. The molecule has 3 heterocycles. The Labute approximate surface area is 140 Å². The van der Waals surface area contributed by atoms with Gasteiger partial charge in [-0.3, -0.25) is 4.90 Å². The molecule has 0 aliphatic carbocycles. The fourth-order valence-corrected chi connectivity index (χ4v) is 3.62. The van der Waals surface area contributed by atoms with Crippen molar-refractivity contribution >= 4 is 22.6 Å². The van der Waals surface area contributed by atoms with E-state index in [9.17, 15) is 0 Å². The van der Waals surface area contributed by atoms with E-state index >= 15 is 0 Å². The van der Waals surface area contributed by atoms with E-state index in [2.05, 4.69) is 56.0 Å². The Morgan fingerprint density at radius 2 is 1.83 bits per heavy atom. The summed E-state index contributed by atoms with van der Waals surface area (Å²) in [7, 11) is 0. The highest BCUT2D eigenvalue weighted by molar-refractivity contribution is 6.33. The van der Waals surface area contributed by atoms with E-state index in [4.69, 9.17) is 11.6 Å². The smallest absolute Gasteiger partial charge is 0.145 e. The van der Waals surface area contributed by atoms with Gasteiger partial charge in [0, 0.05) is 31.9 Å². The minimum atomic E-state index is 0.491. The average molecular weight is 327 g/mol. The molecule has 0 unspecified atom stereocenters. The molecule has 1 aliphatic rings. The Hall–Kier alpha value is -1.91. The molecular weight excluding hydrogens is 308 g/mol. The number of fused-ring (bicyclic) bond motifs is 1. The third-order valence-electron chi connectivity index (χ3n) is 4.66. The molecule has 1 fully saturated rings. The van der Waals surface area contributed by atoms with Crippen LogP contribution in [-0.2, 0) is 6.54 Å². The first-order valence-electron chi connectivity index (χ1n) is 8.04. The second kappa shape index (κ2) is 6.30. The van der Waals surface area contributed by atoms with Crippen LogP contribution in [0.2, 0.25) is 5.15 Å². The summed E-state index contributed by atoms with van der Waals surface area (Å²) in [6.07, 6.45) is 5.92. The highest BCUT2D eigenvalue weighted by Gasteiger charge is 2.22. The number of hydrogen-bond acceptors (Lipinski definition) is 3. The molecule has 2 aromatic heterocycles. The molecule has 1 saturated heterocycles. The summed E-state index contributed by atoms with van der Waals surface area (Å²) in [5, 5.41) is 1.48. The maximum atomic E-state index is 6.15.